The number of aromatic nitrogens is 3. The summed E-state index contributed by atoms with van der Waals surface area (Å²) in [5.74, 6) is 1.13. The van der Waals surface area contributed by atoms with Gasteiger partial charge in [-0.05, 0) is 42.8 Å². The largest absolute Gasteiger partial charge is 0.341 e. The summed E-state index contributed by atoms with van der Waals surface area (Å²) in [6.45, 7) is 1.95. The Bertz CT molecular complexity index is 631. The first kappa shape index (κ1) is 14.4. The van der Waals surface area contributed by atoms with Crippen LogP contribution in [0.15, 0.2) is 29.2 Å². The molecule has 1 saturated heterocycles. The molecule has 0 saturated carbocycles. The Morgan fingerprint density at radius 1 is 1.14 bits per heavy atom. The molecular formula is C14H16ClN5S. The van der Waals surface area contributed by atoms with Gasteiger partial charge in [-0.3, -0.25) is 0 Å². The average molecular weight is 322 g/mol. The van der Waals surface area contributed by atoms with Crippen LogP contribution in [0.25, 0.3) is 0 Å². The van der Waals surface area contributed by atoms with Crippen LogP contribution in [0.3, 0.4) is 0 Å². The van der Waals surface area contributed by atoms with Crippen LogP contribution in [-0.2, 0) is 0 Å². The van der Waals surface area contributed by atoms with Gasteiger partial charge in [0.25, 0.3) is 0 Å². The van der Waals surface area contributed by atoms with Gasteiger partial charge in [0.15, 0.2) is 0 Å². The number of anilines is 3. The molecule has 3 rings (SSSR count). The molecule has 0 amide bonds. The van der Waals surface area contributed by atoms with Crippen LogP contribution in [0.2, 0.25) is 5.28 Å². The lowest BCUT2D eigenvalue weighted by Crippen LogP contribution is -2.21. The number of para-hydroxylation sites is 1. The minimum atomic E-state index is 0.219. The number of benzene rings is 1. The van der Waals surface area contributed by atoms with Gasteiger partial charge < -0.3 is 10.2 Å². The van der Waals surface area contributed by atoms with Crippen molar-refractivity contribution in [2.75, 3.05) is 29.6 Å². The van der Waals surface area contributed by atoms with E-state index in [0.717, 1.165) is 23.7 Å². The van der Waals surface area contributed by atoms with Crippen molar-refractivity contribution in [1.82, 2.24) is 15.0 Å². The van der Waals surface area contributed by atoms with E-state index in [1.54, 1.807) is 11.8 Å². The molecule has 0 atom stereocenters. The minimum absolute atomic E-state index is 0.219. The van der Waals surface area contributed by atoms with Gasteiger partial charge >= 0.3 is 0 Å². The van der Waals surface area contributed by atoms with Gasteiger partial charge in [-0.2, -0.15) is 15.0 Å². The Morgan fingerprint density at radius 3 is 2.67 bits per heavy atom. The zero-order valence-electron chi connectivity index (χ0n) is 11.7. The van der Waals surface area contributed by atoms with E-state index in [2.05, 4.69) is 31.2 Å². The third-order valence-corrected chi connectivity index (χ3v) is 4.30. The molecule has 2 aromatic rings. The van der Waals surface area contributed by atoms with Crippen molar-refractivity contribution in [3.05, 3.63) is 29.5 Å². The van der Waals surface area contributed by atoms with E-state index in [9.17, 15) is 0 Å². The molecule has 7 heteroatoms. The van der Waals surface area contributed by atoms with Gasteiger partial charge in [0.2, 0.25) is 17.2 Å². The van der Waals surface area contributed by atoms with Crippen molar-refractivity contribution in [3.63, 3.8) is 0 Å². The van der Waals surface area contributed by atoms with E-state index >= 15 is 0 Å². The van der Waals surface area contributed by atoms with Crippen molar-refractivity contribution in [3.8, 4) is 0 Å². The molecule has 1 aromatic heterocycles. The summed E-state index contributed by atoms with van der Waals surface area (Å²) in [6.07, 6.45) is 4.37. The molecule has 1 aromatic carbocycles. The second kappa shape index (κ2) is 6.49. The molecule has 2 heterocycles. The SMILES string of the molecule is CSc1ccccc1Nc1nc(Cl)nc(N2CCCC2)n1. The molecule has 0 spiro atoms. The maximum Gasteiger partial charge on any atom is 0.233 e. The maximum absolute atomic E-state index is 6.03. The van der Waals surface area contributed by atoms with Crippen molar-refractivity contribution in [2.24, 2.45) is 0 Å². The summed E-state index contributed by atoms with van der Waals surface area (Å²) < 4.78 is 0. The second-order valence-electron chi connectivity index (χ2n) is 4.75. The summed E-state index contributed by atoms with van der Waals surface area (Å²) in [4.78, 5) is 16.2. The highest BCUT2D eigenvalue weighted by Crippen LogP contribution is 2.27. The number of thioether (sulfide) groups is 1. The fourth-order valence-electron chi connectivity index (χ4n) is 2.32. The molecule has 1 aliphatic heterocycles. The number of hydrogen-bond donors (Lipinski definition) is 1. The summed E-state index contributed by atoms with van der Waals surface area (Å²) in [6, 6.07) is 8.04. The molecular weight excluding hydrogens is 306 g/mol. The van der Waals surface area contributed by atoms with Gasteiger partial charge in [0.1, 0.15) is 0 Å². The molecule has 21 heavy (non-hydrogen) atoms. The van der Waals surface area contributed by atoms with Crippen LogP contribution in [0.1, 0.15) is 12.8 Å². The van der Waals surface area contributed by atoms with E-state index < -0.39 is 0 Å². The summed E-state index contributed by atoms with van der Waals surface area (Å²) in [5, 5.41) is 3.45. The highest BCUT2D eigenvalue weighted by atomic mass is 35.5. The van der Waals surface area contributed by atoms with Crippen LogP contribution in [0.4, 0.5) is 17.6 Å². The van der Waals surface area contributed by atoms with Crippen LogP contribution in [0, 0.1) is 0 Å². The van der Waals surface area contributed by atoms with E-state index in [-0.39, 0.29) is 5.28 Å². The van der Waals surface area contributed by atoms with Crippen molar-refractivity contribution < 1.29 is 0 Å². The first-order valence-corrected chi connectivity index (χ1v) is 8.43. The normalized spacial score (nSPS) is 14.5. The molecule has 1 fully saturated rings. The van der Waals surface area contributed by atoms with Crippen molar-refractivity contribution in [1.29, 1.82) is 0 Å². The Kier molecular flexibility index (Phi) is 4.45. The molecule has 5 nitrogen and oxygen atoms in total. The summed E-state index contributed by atoms with van der Waals surface area (Å²) >= 11 is 7.71. The minimum Gasteiger partial charge on any atom is -0.341 e. The van der Waals surface area contributed by atoms with Crippen LogP contribution in [0.5, 0.6) is 0 Å². The number of hydrogen-bond acceptors (Lipinski definition) is 6. The van der Waals surface area contributed by atoms with Crippen molar-refractivity contribution >= 4 is 40.9 Å². The quantitative estimate of drug-likeness (QED) is 0.868. The van der Waals surface area contributed by atoms with Gasteiger partial charge in [0, 0.05) is 18.0 Å². The molecule has 0 unspecified atom stereocenters. The molecule has 0 bridgehead atoms. The lowest BCUT2D eigenvalue weighted by molar-refractivity contribution is 0.882. The first-order chi connectivity index (χ1) is 10.3. The Balaban J connectivity index is 1.88. The second-order valence-corrected chi connectivity index (χ2v) is 5.93. The number of nitrogens with one attached hydrogen (secondary N) is 1. The third-order valence-electron chi connectivity index (χ3n) is 3.34. The molecule has 1 N–H and O–H groups in total. The zero-order valence-corrected chi connectivity index (χ0v) is 13.3. The topological polar surface area (TPSA) is 53.9 Å². The smallest absolute Gasteiger partial charge is 0.233 e. The molecule has 110 valence electrons. The highest BCUT2D eigenvalue weighted by molar-refractivity contribution is 7.98. The molecule has 1 aliphatic rings. The van der Waals surface area contributed by atoms with Crippen LogP contribution in [-0.4, -0.2) is 34.3 Å². The lowest BCUT2D eigenvalue weighted by atomic mass is 10.3. The van der Waals surface area contributed by atoms with Crippen molar-refractivity contribution in [2.45, 2.75) is 17.7 Å². The van der Waals surface area contributed by atoms with E-state index in [1.165, 1.54) is 12.8 Å². The zero-order chi connectivity index (χ0) is 14.7. The van der Waals surface area contributed by atoms with Gasteiger partial charge in [-0.1, -0.05) is 12.1 Å². The van der Waals surface area contributed by atoms with Gasteiger partial charge in [-0.15, -0.1) is 11.8 Å². The standard InChI is InChI=1S/C14H16ClN5S/c1-21-11-7-3-2-6-10(11)16-13-17-12(15)18-14(19-13)20-8-4-5-9-20/h2-3,6-7H,4-5,8-9H2,1H3,(H,16,17,18,19). The Labute approximate surface area is 133 Å². The van der Waals surface area contributed by atoms with E-state index in [4.69, 9.17) is 11.6 Å². The number of halogens is 1. The Hall–Kier alpha value is -1.53. The maximum atomic E-state index is 6.03. The van der Waals surface area contributed by atoms with Gasteiger partial charge in [-0.25, -0.2) is 0 Å². The molecule has 0 aliphatic carbocycles. The average Bonchev–Trinajstić information content (AvgIpc) is 3.01. The fraction of sp³-hybridized carbons (Fsp3) is 0.357. The highest BCUT2D eigenvalue weighted by Gasteiger charge is 2.17. The molecule has 0 radical (unpaired) electrons. The third kappa shape index (κ3) is 3.39. The summed E-state index contributed by atoms with van der Waals surface area (Å²) in [7, 11) is 0. The first-order valence-electron chi connectivity index (χ1n) is 6.83. The predicted molar refractivity (Wildman–Crippen MR) is 87.8 cm³/mol. The van der Waals surface area contributed by atoms with E-state index in [0.29, 0.717) is 11.9 Å². The lowest BCUT2D eigenvalue weighted by Gasteiger charge is -2.16. The van der Waals surface area contributed by atoms with Crippen LogP contribution >= 0.6 is 23.4 Å². The fourth-order valence-corrected chi connectivity index (χ4v) is 3.03. The summed E-state index contributed by atoms with van der Waals surface area (Å²) in [5.41, 5.74) is 0.972. The number of nitrogens with zero attached hydrogens (tertiary/aromatic N) is 4. The Morgan fingerprint density at radius 2 is 1.90 bits per heavy atom. The number of rotatable bonds is 4. The van der Waals surface area contributed by atoms with E-state index in [1.807, 2.05) is 24.5 Å². The van der Waals surface area contributed by atoms with Gasteiger partial charge in [0.05, 0.1) is 5.69 Å². The monoisotopic (exact) mass is 321 g/mol. The predicted octanol–water partition coefficient (Wildman–Crippen LogP) is 3.59. The van der Waals surface area contributed by atoms with Crippen LogP contribution < -0.4 is 10.2 Å².